The van der Waals surface area contributed by atoms with Gasteiger partial charge in [0, 0.05) is 6.61 Å². The van der Waals surface area contributed by atoms with Gasteiger partial charge in [0.15, 0.2) is 0 Å². The lowest BCUT2D eigenvalue weighted by atomic mass is 10.4. The molecule has 68 valence electrons. The van der Waals surface area contributed by atoms with E-state index in [-0.39, 0.29) is 0 Å². The Labute approximate surface area is 86.2 Å². The van der Waals surface area contributed by atoms with Gasteiger partial charge in [-0.1, -0.05) is 57.3 Å². The fraction of sp³-hybridized carbons (Fsp3) is 1.00. The number of hydrogen-bond donors (Lipinski definition) is 0. The van der Waals surface area contributed by atoms with E-state index in [0.717, 1.165) is 19.1 Å². The molecule has 0 aromatic carbocycles. The van der Waals surface area contributed by atoms with Gasteiger partial charge < -0.3 is 4.43 Å². The molecule has 0 aliphatic carbocycles. The Morgan fingerprint density at radius 3 is 2.27 bits per heavy atom. The molecule has 0 radical (unpaired) electrons. The monoisotopic (exact) mass is 302 g/mol. The quantitative estimate of drug-likeness (QED) is 0.533. The Morgan fingerprint density at radius 1 is 1.18 bits per heavy atom. The lowest BCUT2D eigenvalue weighted by molar-refractivity contribution is 0.327. The van der Waals surface area contributed by atoms with Crippen LogP contribution in [0.4, 0.5) is 0 Å². The molecule has 0 saturated heterocycles. The lowest BCUT2D eigenvalue weighted by Gasteiger charge is -2.17. The van der Waals surface area contributed by atoms with E-state index >= 15 is 0 Å². The second-order valence-electron chi connectivity index (χ2n) is 2.59. The van der Waals surface area contributed by atoms with Crippen LogP contribution >= 0.6 is 30.6 Å². The van der Waals surface area contributed by atoms with Crippen molar-refractivity contribution >= 4 is 36.1 Å². The van der Waals surface area contributed by atoms with Crippen LogP contribution in [0, 0.1) is 0 Å². The van der Waals surface area contributed by atoms with Crippen LogP contribution in [0.1, 0.15) is 33.1 Å². The van der Waals surface area contributed by atoms with Crippen LogP contribution in [0.3, 0.4) is 0 Å². The summed E-state index contributed by atoms with van der Waals surface area (Å²) in [4.78, 5) is 0. The van der Waals surface area contributed by atoms with Crippen molar-refractivity contribution in [2.75, 3.05) is 6.61 Å². The predicted octanol–water partition coefficient (Wildman–Crippen LogP) is 3.94. The van der Waals surface area contributed by atoms with Crippen molar-refractivity contribution < 1.29 is 4.43 Å². The minimum Gasteiger partial charge on any atom is -0.399 e. The minimum absolute atomic E-state index is 0.867. The third-order valence-electron chi connectivity index (χ3n) is 1.34. The number of halogens is 2. The highest BCUT2D eigenvalue weighted by Gasteiger charge is 2.26. The van der Waals surface area contributed by atoms with Crippen LogP contribution in [-0.4, -0.2) is 12.2 Å². The summed E-state index contributed by atoms with van der Waals surface area (Å²) in [6, 6.07) is 1.16. The van der Waals surface area contributed by atoms with Gasteiger partial charge in [0.05, 0.1) is 0 Å². The van der Waals surface area contributed by atoms with Gasteiger partial charge in [-0.2, -0.15) is 0 Å². The van der Waals surface area contributed by atoms with Crippen LogP contribution in [-0.2, 0) is 4.43 Å². The molecule has 0 atom stereocenters. The SMILES string of the molecule is CCCC[Si](Br)(Br)OCCC. The fourth-order valence-electron chi connectivity index (χ4n) is 0.706. The molecule has 0 N–H and O–H groups in total. The highest BCUT2D eigenvalue weighted by atomic mass is 79.9. The van der Waals surface area contributed by atoms with Gasteiger partial charge in [-0.05, 0) is 12.5 Å². The Bertz CT molecular complexity index is 88.4. The van der Waals surface area contributed by atoms with Gasteiger partial charge in [0.1, 0.15) is 0 Å². The number of rotatable bonds is 6. The summed E-state index contributed by atoms with van der Waals surface area (Å²) in [6.45, 7) is 5.20. The molecule has 0 aliphatic heterocycles. The molecule has 0 aliphatic rings. The molecule has 11 heavy (non-hydrogen) atoms. The van der Waals surface area contributed by atoms with E-state index in [9.17, 15) is 0 Å². The third kappa shape index (κ3) is 7.50. The Morgan fingerprint density at radius 2 is 1.82 bits per heavy atom. The largest absolute Gasteiger partial charge is 0.399 e. The van der Waals surface area contributed by atoms with Crippen LogP contribution in [0.5, 0.6) is 0 Å². The van der Waals surface area contributed by atoms with Crippen LogP contribution in [0.25, 0.3) is 0 Å². The van der Waals surface area contributed by atoms with Crippen LogP contribution < -0.4 is 0 Å². The van der Waals surface area contributed by atoms with Gasteiger partial charge in [-0.15, -0.1) is 0 Å². The molecule has 0 spiro atoms. The second-order valence-corrected chi connectivity index (χ2v) is 15.5. The van der Waals surface area contributed by atoms with E-state index in [4.69, 9.17) is 4.43 Å². The summed E-state index contributed by atoms with van der Waals surface area (Å²) < 4.78 is 5.65. The average molecular weight is 304 g/mol. The number of hydrogen-bond acceptors (Lipinski definition) is 1. The van der Waals surface area contributed by atoms with Gasteiger partial charge >= 0.3 is 5.56 Å². The molecule has 0 aromatic rings. The molecule has 0 unspecified atom stereocenters. The molecule has 0 aromatic heterocycles. The fourth-order valence-corrected chi connectivity index (χ4v) is 4.77. The summed E-state index contributed by atoms with van der Waals surface area (Å²) in [5.41, 5.74) is -1.62. The maximum absolute atomic E-state index is 5.65. The normalized spacial score (nSPS) is 12.0. The van der Waals surface area contributed by atoms with Gasteiger partial charge in [-0.25, -0.2) is 0 Å². The average Bonchev–Trinajstić information content (AvgIpc) is 1.97. The molecule has 0 fully saturated rings. The molecule has 0 saturated carbocycles. The first-order valence-corrected chi connectivity index (χ1v) is 10.8. The molecule has 0 bridgehead atoms. The van der Waals surface area contributed by atoms with Crippen molar-refractivity contribution in [3.05, 3.63) is 0 Å². The zero-order valence-corrected chi connectivity index (χ0v) is 11.4. The summed E-state index contributed by atoms with van der Waals surface area (Å²) in [7, 11) is 0. The van der Waals surface area contributed by atoms with E-state index in [1.54, 1.807) is 0 Å². The maximum atomic E-state index is 5.65. The number of unbranched alkanes of at least 4 members (excludes halogenated alkanes) is 1. The van der Waals surface area contributed by atoms with E-state index < -0.39 is 5.56 Å². The maximum Gasteiger partial charge on any atom is 0.336 e. The zero-order valence-electron chi connectivity index (χ0n) is 7.20. The lowest BCUT2D eigenvalue weighted by Crippen LogP contribution is -2.23. The van der Waals surface area contributed by atoms with Crippen molar-refractivity contribution in [3.63, 3.8) is 0 Å². The molecule has 0 amide bonds. The van der Waals surface area contributed by atoms with Crippen molar-refractivity contribution in [1.82, 2.24) is 0 Å². The van der Waals surface area contributed by atoms with Crippen molar-refractivity contribution in [3.8, 4) is 0 Å². The topological polar surface area (TPSA) is 9.23 Å². The first kappa shape index (κ1) is 12.1. The molecule has 4 heteroatoms. The first-order valence-electron chi connectivity index (χ1n) is 4.14. The summed E-state index contributed by atoms with van der Waals surface area (Å²) in [5, 5.41) is 0. The predicted molar refractivity (Wildman–Crippen MR) is 59.6 cm³/mol. The molecular weight excluding hydrogens is 288 g/mol. The minimum atomic E-state index is -1.62. The molecular formula is C7H16Br2OSi. The Kier molecular flexibility index (Phi) is 7.32. The summed E-state index contributed by atoms with van der Waals surface area (Å²) >= 11 is 7.23. The highest BCUT2D eigenvalue weighted by molar-refractivity contribution is 9.50. The van der Waals surface area contributed by atoms with Gasteiger partial charge in [-0.3, -0.25) is 0 Å². The van der Waals surface area contributed by atoms with Crippen molar-refractivity contribution in [2.45, 2.75) is 39.2 Å². The first-order chi connectivity index (χ1) is 5.12. The van der Waals surface area contributed by atoms with Crippen molar-refractivity contribution in [1.29, 1.82) is 0 Å². The third-order valence-corrected chi connectivity index (χ3v) is 6.65. The smallest absolute Gasteiger partial charge is 0.336 e. The van der Waals surface area contributed by atoms with E-state index in [0.29, 0.717) is 0 Å². The van der Waals surface area contributed by atoms with Gasteiger partial charge in [0.25, 0.3) is 0 Å². The Hall–Kier alpha value is 1.14. The Balaban J connectivity index is 3.43. The second kappa shape index (κ2) is 6.63. The van der Waals surface area contributed by atoms with E-state index in [1.165, 1.54) is 12.8 Å². The molecule has 0 heterocycles. The van der Waals surface area contributed by atoms with Crippen LogP contribution in [0.15, 0.2) is 0 Å². The van der Waals surface area contributed by atoms with Crippen molar-refractivity contribution in [2.24, 2.45) is 0 Å². The summed E-state index contributed by atoms with van der Waals surface area (Å²) in [5.74, 6) is 0. The van der Waals surface area contributed by atoms with Crippen LogP contribution in [0.2, 0.25) is 6.04 Å². The highest BCUT2D eigenvalue weighted by Crippen LogP contribution is 2.28. The molecule has 0 rings (SSSR count). The zero-order chi connectivity index (χ0) is 8.74. The van der Waals surface area contributed by atoms with Gasteiger partial charge in [0.2, 0.25) is 0 Å². The summed E-state index contributed by atoms with van der Waals surface area (Å²) in [6.07, 6.45) is 3.58. The molecule has 1 nitrogen and oxygen atoms in total. The standard InChI is InChI=1S/C7H16Br2OSi/c1-3-5-7-11(8,9)10-6-4-2/h3-7H2,1-2H3. The van der Waals surface area contributed by atoms with E-state index in [1.807, 2.05) is 0 Å². The van der Waals surface area contributed by atoms with E-state index in [2.05, 4.69) is 44.4 Å².